The van der Waals surface area contributed by atoms with E-state index in [0.29, 0.717) is 5.84 Å². The summed E-state index contributed by atoms with van der Waals surface area (Å²) in [5.74, 6) is 0.584. The number of hydrogen-bond donors (Lipinski definition) is 0. The fourth-order valence-corrected chi connectivity index (χ4v) is 2.71. The maximum absolute atomic E-state index is 5.67. The van der Waals surface area contributed by atoms with Crippen molar-refractivity contribution in [2.24, 2.45) is 4.99 Å². The molecule has 0 unspecified atom stereocenters. The van der Waals surface area contributed by atoms with Crippen molar-refractivity contribution < 1.29 is 4.42 Å². The first-order valence-corrected chi connectivity index (χ1v) is 6.65. The van der Waals surface area contributed by atoms with Crippen molar-refractivity contribution in [3.05, 3.63) is 59.4 Å². The van der Waals surface area contributed by atoms with E-state index in [-0.39, 0.29) is 0 Å². The van der Waals surface area contributed by atoms with Crippen LogP contribution in [-0.2, 0) is 0 Å². The highest BCUT2D eigenvalue weighted by molar-refractivity contribution is 7.03. The zero-order chi connectivity index (χ0) is 12.7. The molecule has 0 fully saturated rings. The molecule has 19 heavy (non-hydrogen) atoms. The second-order valence-electron chi connectivity index (χ2n) is 4.10. The van der Waals surface area contributed by atoms with Crippen LogP contribution >= 0.6 is 11.5 Å². The van der Waals surface area contributed by atoms with E-state index < -0.39 is 0 Å². The molecule has 4 nitrogen and oxygen atoms in total. The molecule has 0 aliphatic heterocycles. The Balaban J connectivity index is 2.08. The van der Waals surface area contributed by atoms with Gasteiger partial charge in [0.2, 0.25) is 4.80 Å². The normalized spacial score (nSPS) is 12.5. The van der Waals surface area contributed by atoms with E-state index in [0.717, 1.165) is 21.6 Å². The Kier molecular flexibility index (Phi) is 2.25. The van der Waals surface area contributed by atoms with Gasteiger partial charge in [0.15, 0.2) is 5.58 Å². The lowest BCUT2D eigenvalue weighted by atomic mass is 10.3. The van der Waals surface area contributed by atoms with Gasteiger partial charge in [0.05, 0.1) is 11.2 Å². The number of nitrogens with zero attached hydrogens (tertiary/aromatic N) is 3. The van der Waals surface area contributed by atoms with Crippen LogP contribution in [-0.4, -0.2) is 8.77 Å². The molecule has 0 bridgehead atoms. The number of para-hydroxylation sites is 3. The fourth-order valence-electron chi connectivity index (χ4n) is 2.02. The molecular formula is C14H9N3OS. The topological polar surface area (TPSA) is 42.8 Å². The van der Waals surface area contributed by atoms with Crippen LogP contribution in [0.3, 0.4) is 0 Å². The van der Waals surface area contributed by atoms with Crippen LogP contribution in [0.2, 0.25) is 0 Å². The minimum atomic E-state index is 0.584. The van der Waals surface area contributed by atoms with E-state index in [2.05, 4.69) is 9.37 Å². The van der Waals surface area contributed by atoms with Crippen LogP contribution in [0.25, 0.3) is 16.9 Å². The number of hydrogen-bond acceptors (Lipinski definition) is 4. The van der Waals surface area contributed by atoms with Gasteiger partial charge in [-0.25, -0.2) is 9.39 Å². The molecule has 2 aromatic heterocycles. The summed E-state index contributed by atoms with van der Waals surface area (Å²) < 4.78 is 11.9. The van der Waals surface area contributed by atoms with Gasteiger partial charge in [-0.1, -0.05) is 30.3 Å². The standard InChI is InChI=1S/C14H9N3OS/c1-2-6-10(7-3-1)15-14-17-11-8-4-5-9-12(11)18-13(17)16-19-14/h1-9H. The fraction of sp³-hybridized carbons (Fsp3) is 0. The van der Waals surface area contributed by atoms with Crippen LogP contribution < -0.4 is 4.80 Å². The van der Waals surface area contributed by atoms with E-state index in [1.807, 2.05) is 59.0 Å². The number of oxazole rings is 1. The first-order chi connectivity index (χ1) is 9.42. The molecule has 0 spiro atoms. The summed E-state index contributed by atoms with van der Waals surface area (Å²) in [6.07, 6.45) is 0. The lowest BCUT2D eigenvalue weighted by Crippen LogP contribution is -2.04. The minimum Gasteiger partial charge on any atom is -0.422 e. The van der Waals surface area contributed by atoms with Gasteiger partial charge < -0.3 is 4.42 Å². The van der Waals surface area contributed by atoms with Crippen molar-refractivity contribution >= 4 is 34.2 Å². The number of fused-ring (bicyclic) bond motifs is 3. The second-order valence-corrected chi connectivity index (χ2v) is 4.83. The first kappa shape index (κ1) is 10.5. The molecule has 92 valence electrons. The summed E-state index contributed by atoms with van der Waals surface area (Å²) in [7, 11) is 0. The summed E-state index contributed by atoms with van der Waals surface area (Å²) in [5, 5.41) is 0. The SMILES string of the molecule is c1ccc(N=c2snc3oc4ccccc4n23)cc1. The predicted molar refractivity (Wildman–Crippen MR) is 74.5 cm³/mol. The molecule has 0 N–H and O–H groups in total. The van der Waals surface area contributed by atoms with E-state index in [1.165, 1.54) is 11.5 Å². The average Bonchev–Trinajstić information content (AvgIpc) is 3.00. The molecular weight excluding hydrogens is 258 g/mol. The van der Waals surface area contributed by atoms with Crippen molar-refractivity contribution in [3.8, 4) is 0 Å². The quantitative estimate of drug-likeness (QED) is 0.530. The summed E-state index contributed by atoms with van der Waals surface area (Å²) >= 11 is 1.33. The zero-order valence-corrected chi connectivity index (χ0v) is 10.7. The van der Waals surface area contributed by atoms with Crippen molar-refractivity contribution in [3.63, 3.8) is 0 Å². The molecule has 2 heterocycles. The molecule has 0 aliphatic carbocycles. The third kappa shape index (κ3) is 1.67. The molecule has 0 amide bonds. The van der Waals surface area contributed by atoms with Crippen LogP contribution in [0.15, 0.2) is 64.0 Å². The number of rotatable bonds is 1. The maximum Gasteiger partial charge on any atom is 0.320 e. The van der Waals surface area contributed by atoms with Gasteiger partial charge in [0, 0.05) is 11.5 Å². The molecule has 4 aromatic rings. The van der Waals surface area contributed by atoms with Crippen molar-refractivity contribution in [2.75, 3.05) is 0 Å². The highest BCUT2D eigenvalue weighted by Crippen LogP contribution is 2.18. The Labute approximate surface area is 112 Å². The lowest BCUT2D eigenvalue weighted by Gasteiger charge is -1.90. The smallest absolute Gasteiger partial charge is 0.320 e. The molecule has 5 heteroatoms. The Morgan fingerprint density at radius 3 is 2.68 bits per heavy atom. The minimum absolute atomic E-state index is 0.584. The monoisotopic (exact) mass is 267 g/mol. The van der Waals surface area contributed by atoms with Gasteiger partial charge in [-0.05, 0) is 24.3 Å². The number of aromatic nitrogens is 2. The Morgan fingerprint density at radius 1 is 1.00 bits per heavy atom. The third-order valence-electron chi connectivity index (χ3n) is 2.88. The van der Waals surface area contributed by atoms with Crippen molar-refractivity contribution in [1.82, 2.24) is 8.77 Å². The summed E-state index contributed by atoms with van der Waals surface area (Å²) in [6.45, 7) is 0. The van der Waals surface area contributed by atoms with Gasteiger partial charge in [-0.2, -0.15) is 0 Å². The van der Waals surface area contributed by atoms with Crippen molar-refractivity contribution in [2.45, 2.75) is 0 Å². The largest absolute Gasteiger partial charge is 0.422 e. The molecule has 4 rings (SSSR count). The first-order valence-electron chi connectivity index (χ1n) is 5.87. The van der Waals surface area contributed by atoms with E-state index >= 15 is 0 Å². The summed E-state index contributed by atoms with van der Waals surface area (Å²) in [5.41, 5.74) is 2.72. The highest BCUT2D eigenvalue weighted by atomic mass is 32.1. The Bertz CT molecular complexity index is 918. The molecule has 0 atom stereocenters. The molecule has 0 radical (unpaired) electrons. The molecule has 0 aliphatic rings. The predicted octanol–water partition coefficient (Wildman–Crippen LogP) is 3.37. The Hall–Kier alpha value is -2.40. The second kappa shape index (κ2) is 4.07. The van der Waals surface area contributed by atoms with Crippen LogP contribution in [0.1, 0.15) is 0 Å². The highest BCUT2D eigenvalue weighted by Gasteiger charge is 2.09. The van der Waals surface area contributed by atoms with E-state index in [4.69, 9.17) is 4.42 Å². The maximum atomic E-state index is 5.67. The van der Waals surface area contributed by atoms with Crippen molar-refractivity contribution in [1.29, 1.82) is 0 Å². The van der Waals surface area contributed by atoms with Gasteiger partial charge in [0.25, 0.3) is 0 Å². The van der Waals surface area contributed by atoms with Crippen LogP contribution in [0, 0.1) is 0 Å². The molecule has 2 aromatic carbocycles. The molecule has 0 saturated heterocycles. The van der Waals surface area contributed by atoms with Gasteiger partial charge >= 0.3 is 5.84 Å². The van der Waals surface area contributed by atoms with Crippen LogP contribution in [0.4, 0.5) is 5.69 Å². The summed E-state index contributed by atoms with van der Waals surface area (Å²) in [6, 6.07) is 17.7. The van der Waals surface area contributed by atoms with Crippen LogP contribution in [0.5, 0.6) is 0 Å². The van der Waals surface area contributed by atoms with Gasteiger partial charge in [-0.3, -0.25) is 0 Å². The lowest BCUT2D eigenvalue weighted by molar-refractivity contribution is 0.642. The van der Waals surface area contributed by atoms with Gasteiger partial charge in [0.1, 0.15) is 0 Å². The molecule has 0 saturated carbocycles. The Morgan fingerprint density at radius 2 is 1.79 bits per heavy atom. The van der Waals surface area contributed by atoms with E-state index in [9.17, 15) is 0 Å². The average molecular weight is 267 g/mol. The van der Waals surface area contributed by atoms with Gasteiger partial charge in [-0.15, -0.1) is 4.37 Å². The number of benzene rings is 2. The summed E-state index contributed by atoms with van der Waals surface area (Å²) in [4.78, 5) is 5.42. The van der Waals surface area contributed by atoms with E-state index in [1.54, 1.807) is 0 Å². The third-order valence-corrected chi connectivity index (χ3v) is 3.56. The zero-order valence-electron chi connectivity index (χ0n) is 9.85.